The molecule has 3 N–H and O–H groups in total. The van der Waals surface area contributed by atoms with Crippen molar-refractivity contribution >= 4 is 11.9 Å². The van der Waals surface area contributed by atoms with E-state index < -0.39 is 12.1 Å². The predicted octanol–water partition coefficient (Wildman–Crippen LogP) is 18.0. The van der Waals surface area contributed by atoms with Crippen LogP contribution in [0.5, 0.6) is 0 Å². The second-order valence-corrected chi connectivity index (χ2v) is 19.6. The molecular weight excluding hydrogens is 827 g/mol. The minimum atomic E-state index is -0.857. The third-order valence-corrected chi connectivity index (χ3v) is 13.0. The van der Waals surface area contributed by atoms with Crippen LogP contribution in [0.25, 0.3) is 0 Å². The molecule has 0 radical (unpaired) electrons. The number of nitrogens with one attached hydrogen (secondary N) is 1. The van der Waals surface area contributed by atoms with Gasteiger partial charge in [-0.1, -0.05) is 235 Å². The highest BCUT2D eigenvalue weighted by Crippen LogP contribution is 2.15. The average Bonchev–Trinajstić information content (AvgIpc) is 3.33. The summed E-state index contributed by atoms with van der Waals surface area (Å²) < 4.78 is 5.45. The lowest BCUT2D eigenvalue weighted by Crippen LogP contribution is -2.45. The Balaban J connectivity index is 3.54. The largest absolute Gasteiger partial charge is 0.466 e. The van der Waals surface area contributed by atoms with Gasteiger partial charge in [0.1, 0.15) is 0 Å². The zero-order valence-corrected chi connectivity index (χ0v) is 44.4. The van der Waals surface area contributed by atoms with E-state index in [1.165, 1.54) is 173 Å². The Bertz CT molecular complexity index is 1170. The van der Waals surface area contributed by atoms with Gasteiger partial charge in [-0.2, -0.15) is 0 Å². The van der Waals surface area contributed by atoms with Crippen LogP contribution in [0.4, 0.5) is 0 Å². The van der Waals surface area contributed by atoms with Gasteiger partial charge in [-0.25, -0.2) is 0 Å². The number of aliphatic hydroxyl groups excluding tert-OH is 2. The summed E-state index contributed by atoms with van der Waals surface area (Å²) >= 11 is 0. The smallest absolute Gasteiger partial charge is 0.305 e. The maximum absolute atomic E-state index is 12.5. The van der Waals surface area contributed by atoms with Crippen LogP contribution < -0.4 is 5.32 Å². The van der Waals surface area contributed by atoms with E-state index in [2.05, 4.69) is 67.8 Å². The van der Waals surface area contributed by atoms with Gasteiger partial charge in [0.05, 0.1) is 25.4 Å². The SMILES string of the molecule is CCCCC/C=C\C/C=C\CCCCCCCCCC(=O)OCCCCC/C=C\C/C=C\CCCCCCCCCC(=O)NC(CO)C(O)/C=C/CCCCCCCCCCCCCCCC. The van der Waals surface area contributed by atoms with Crippen LogP contribution in [-0.4, -0.2) is 47.4 Å². The molecular formula is C61H111NO5. The molecule has 6 nitrogen and oxygen atoms in total. The lowest BCUT2D eigenvalue weighted by Gasteiger charge is -2.20. The first kappa shape index (κ1) is 64.6. The van der Waals surface area contributed by atoms with Gasteiger partial charge in [-0.3, -0.25) is 9.59 Å². The maximum Gasteiger partial charge on any atom is 0.305 e. The minimum absolute atomic E-state index is 0.0249. The Hall–Kier alpha value is -2.44. The van der Waals surface area contributed by atoms with Gasteiger partial charge in [-0.15, -0.1) is 0 Å². The Morgan fingerprint density at radius 3 is 1.16 bits per heavy atom. The molecule has 0 saturated carbocycles. The third-order valence-electron chi connectivity index (χ3n) is 13.0. The van der Waals surface area contributed by atoms with E-state index in [0.29, 0.717) is 19.4 Å². The molecule has 0 fully saturated rings. The minimum Gasteiger partial charge on any atom is -0.466 e. The molecule has 0 saturated heterocycles. The number of rotatable bonds is 53. The summed E-state index contributed by atoms with van der Waals surface area (Å²) in [5.41, 5.74) is 0. The number of hydrogen-bond donors (Lipinski definition) is 3. The first-order valence-corrected chi connectivity index (χ1v) is 29.1. The molecule has 0 aromatic rings. The fourth-order valence-electron chi connectivity index (χ4n) is 8.52. The maximum atomic E-state index is 12.5. The zero-order valence-electron chi connectivity index (χ0n) is 44.4. The number of amides is 1. The van der Waals surface area contributed by atoms with E-state index in [0.717, 1.165) is 89.9 Å². The molecule has 0 aliphatic rings. The number of allylic oxidation sites excluding steroid dienone is 9. The highest BCUT2D eigenvalue weighted by Gasteiger charge is 2.18. The fourth-order valence-corrected chi connectivity index (χ4v) is 8.52. The molecule has 67 heavy (non-hydrogen) atoms. The van der Waals surface area contributed by atoms with Crippen LogP contribution >= 0.6 is 0 Å². The van der Waals surface area contributed by atoms with E-state index in [1.54, 1.807) is 6.08 Å². The lowest BCUT2D eigenvalue weighted by atomic mass is 10.0. The van der Waals surface area contributed by atoms with Crippen LogP contribution in [0.2, 0.25) is 0 Å². The summed E-state index contributed by atoms with van der Waals surface area (Å²) in [5.74, 6) is -0.110. The monoisotopic (exact) mass is 938 g/mol. The molecule has 0 bridgehead atoms. The van der Waals surface area contributed by atoms with Crippen molar-refractivity contribution in [2.24, 2.45) is 0 Å². The number of carbonyl (C=O) groups is 2. The lowest BCUT2D eigenvalue weighted by molar-refractivity contribution is -0.143. The van der Waals surface area contributed by atoms with Crippen molar-refractivity contribution in [3.8, 4) is 0 Å². The average molecular weight is 939 g/mol. The first-order chi connectivity index (χ1) is 33.0. The second-order valence-electron chi connectivity index (χ2n) is 19.6. The molecule has 1 amide bonds. The predicted molar refractivity (Wildman–Crippen MR) is 292 cm³/mol. The van der Waals surface area contributed by atoms with E-state index in [1.807, 2.05) is 6.08 Å². The molecule has 6 heteroatoms. The van der Waals surface area contributed by atoms with Gasteiger partial charge in [0.2, 0.25) is 5.91 Å². The summed E-state index contributed by atoms with van der Waals surface area (Å²) in [6.07, 6.45) is 72.4. The summed E-state index contributed by atoms with van der Waals surface area (Å²) in [7, 11) is 0. The normalized spacial score (nSPS) is 13.1. The molecule has 0 aromatic heterocycles. The standard InChI is InChI=1S/C61H111NO5/c1-3-5-7-9-11-13-15-17-19-22-27-31-35-39-43-47-51-55-61(66)67-56-52-48-44-40-36-32-28-24-21-23-26-30-34-38-42-46-50-54-60(65)62-58(57-63)59(64)53-49-45-41-37-33-29-25-20-18-16-14-12-10-8-6-4-2/h11,13,17,19,21,24,32,36,49,53,58-59,63-64H,3-10,12,14-16,18,20,22-23,25-31,33-35,37-48,50-52,54-57H2,1-2H3,(H,62,65)/b13-11-,19-17-,24-21-,36-32-,53-49+. The molecule has 0 aliphatic carbocycles. The van der Waals surface area contributed by atoms with Crippen molar-refractivity contribution in [2.45, 2.75) is 302 Å². The molecule has 0 aliphatic heterocycles. The van der Waals surface area contributed by atoms with E-state index in [4.69, 9.17) is 4.74 Å². The highest BCUT2D eigenvalue weighted by atomic mass is 16.5. The number of unbranched alkanes of at least 4 members (excludes halogenated alkanes) is 34. The van der Waals surface area contributed by atoms with Crippen molar-refractivity contribution in [2.75, 3.05) is 13.2 Å². The van der Waals surface area contributed by atoms with Gasteiger partial charge in [0, 0.05) is 12.8 Å². The fraction of sp³-hybridized carbons (Fsp3) is 0.803. The van der Waals surface area contributed by atoms with E-state index in [-0.39, 0.29) is 18.5 Å². The summed E-state index contributed by atoms with van der Waals surface area (Å²) in [6, 6.07) is -0.642. The van der Waals surface area contributed by atoms with E-state index in [9.17, 15) is 19.8 Å². The van der Waals surface area contributed by atoms with Gasteiger partial charge < -0.3 is 20.3 Å². The van der Waals surface area contributed by atoms with E-state index >= 15 is 0 Å². The molecule has 2 unspecified atom stereocenters. The molecule has 0 spiro atoms. The third kappa shape index (κ3) is 52.8. The van der Waals surface area contributed by atoms with Crippen LogP contribution in [0.1, 0.15) is 290 Å². The summed E-state index contributed by atoms with van der Waals surface area (Å²) in [6.45, 7) is 4.83. The molecule has 0 rings (SSSR count). The second kappa shape index (κ2) is 56.2. The molecule has 0 aromatic carbocycles. The first-order valence-electron chi connectivity index (χ1n) is 29.1. The van der Waals surface area contributed by atoms with Crippen molar-refractivity contribution in [1.29, 1.82) is 0 Å². The van der Waals surface area contributed by atoms with Crippen molar-refractivity contribution in [3.63, 3.8) is 0 Å². The quantitative estimate of drug-likeness (QED) is 0.0321. The molecule has 390 valence electrons. The number of aliphatic hydroxyl groups is 2. The highest BCUT2D eigenvalue weighted by molar-refractivity contribution is 5.76. The van der Waals surface area contributed by atoms with Crippen LogP contribution in [-0.2, 0) is 14.3 Å². The number of ether oxygens (including phenoxy) is 1. The number of carbonyl (C=O) groups excluding carboxylic acids is 2. The van der Waals surface area contributed by atoms with Crippen LogP contribution in [0.3, 0.4) is 0 Å². The summed E-state index contributed by atoms with van der Waals surface area (Å²) in [4.78, 5) is 24.5. The number of hydrogen-bond acceptors (Lipinski definition) is 5. The van der Waals surface area contributed by atoms with Gasteiger partial charge >= 0.3 is 5.97 Å². The Morgan fingerprint density at radius 1 is 0.418 bits per heavy atom. The van der Waals surface area contributed by atoms with Crippen LogP contribution in [0, 0.1) is 0 Å². The topological polar surface area (TPSA) is 95.9 Å². The Morgan fingerprint density at radius 2 is 0.746 bits per heavy atom. The molecule has 2 atom stereocenters. The van der Waals surface area contributed by atoms with Crippen LogP contribution in [0.15, 0.2) is 60.8 Å². The summed E-state index contributed by atoms with van der Waals surface area (Å²) in [5, 5.41) is 23.1. The Kier molecular flexibility index (Phi) is 54.1. The van der Waals surface area contributed by atoms with Crippen molar-refractivity contribution in [1.82, 2.24) is 5.32 Å². The van der Waals surface area contributed by atoms with Gasteiger partial charge in [0.25, 0.3) is 0 Å². The van der Waals surface area contributed by atoms with Gasteiger partial charge in [-0.05, 0) is 103 Å². The van der Waals surface area contributed by atoms with Crippen molar-refractivity contribution < 1.29 is 24.5 Å². The zero-order chi connectivity index (χ0) is 48.6. The molecule has 0 heterocycles. The number of esters is 1. The Labute approximate surface area is 416 Å². The van der Waals surface area contributed by atoms with Gasteiger partial charge in [0.15, 0.2) is 0 Å². The van der Waals surface area contributed by atoms with Crippen molar-refractivity contribution in [3.05, 3.63) is 60.8 Å².